The second-order valence-corrected chi connectivity index (χ2v) is 4.88. The summed E-state index contributed by atoms with van der Waals surface area (Å²) in [6.45, 7) is 0. The van der Waals surface area contributed by atoms with Crippen LogP contribution >= 0.6 is 12.2 Å². The summed E-state index contributed by atoms with van der Waals surface area (Å²) in [4.78, 5) is 0. The number of rotatable bonds is 0. The second-order valence-electron chi connectivity index (χ2n) is 4.47. The lowest BCUT2D eigenvalue weighted by molar-refractivity contribution is 0.266. The SMILES string of the molecule is S=C1NNC2C(N1)NC1CCCCC12. The van der Waals surface area contributed by atoms with Gasteiger partial charge in [0.15, 0.2) is 5.11 Å². The Morgan fingerprint density at radius 3 is 3.00 bits per heavy atom. The Hall–Kier alpha value is -0.390. The summed E-state index contributed by atoms with van der Waals surface area (Å²) in [5, 5.41) is 7.61. The van der Waals surface area contributed by atoms with Gasteiger partial charge >= 0.3 is 0 Å². The third-order valence-electron chi connectivity index (χ3n) is 3.67. The van der Waals surface area contributed by atoms with Crippen molar-refractivity contribution in [3.05, 3.63) is 0 Å². The van der Waals surface area contributed by atoms with Crippen LogP contribution in [0.2, 0.25) is 0 Å². The van der Waals surface area contributed by atoms with Crippen molar-refractivity contribution in [1.29, 1.82) is 0 Å². The first-order valence-electron chi connectivity index (χ1n) is 5.43. The van der Waals surface area contributed by atoms with Gasteiger partial charge < -0.3 is 5.32 Å². The highest BCUT2D eigenvalue weighted by Gasteiger charge is 2.45. The van der Waals surface area contributed by atoms with Gasteiger partial charge in [-0.2, -0.15) is 0 Å². The van der Waals surface area contributed by atoms with Crippen LogP contribution in [0.3, 0.4) is 0 Å². The highest BCUT2D eigenvalue weighted by molar-refractivity contribution is 7.80. The average Bonchev–Trinajstić information content (AvgIpc) is 2.54. The van der Waals surface area contributed by atoms with Gasteiger partial charge in [0.1, 0.15) is 0 Å². The van der Waals surface area contributed by atoms with Gasteiger partial charge in [0.2, 0.25) is 0 Å². The third kappa shape index (κ3) is 1.31. The Morgan fingerprint density at radius 1 is 1.21 bits per heavy atom. The summed E-state index contributed by atoms with van der Waals surface area (Å²) in [6, 6.07) is 1.17. The molecule has 78 valence electrons. The monoisotopic (exact) mass is 212 g/mol. The van der Waals surface area contributed by atoms with Gasteiger partial charge in [-0.15, -0.1) is 0 Å². The average molecular weight is 212 g/mol. The van der Waals surface area contributed by atoms with E-state index < -0.39 is 0 Å². The van der Waals surface area contributed by atoms with Gasteiger partial charge in [0.05, 0.1) is 12.2 Å². The number of hydrogen-bond donors (Lipinski definition) is 4. The van der Waals surface area contributed by atoms with Crippen molar-refractivity contribution >= 4 is 17.3 Å². The van der Waals surface area contributed by atoms with E-state index >= 15 is 0 Å². The van der Waals surface area contributed by atoms with E-state index in [1.807, 2.05) is 0 Å². The minimum Gasteiger partial charge on any atom is -0.345 e. The van der Waals surface area contributed by atoms with E-state index in [1.165, 1.54) is 25.7 Å². The fraction of sp³-hybridized carbons (Fsp3) is 0.889. The van der Waals surface area contributed by atoms with E-state index in [0.29, 0.717) is 23.4 Å². The van der Waals surface area contributed by atoms with E-state index in [1.54, 1.807) is 0 Å². The molecular weight excluding hydrogens is 196 g/mol. The fourth-order valence-corrected chi connectivity index (χ4v) is 3.21. The largest absolute Gasteiger partial charge is 0.345 e. The maximum Gasteiger partial charge on any atom is 0.182 e. The Bertz CT molecular complexity index is 257. The van der Waals surface area contributed by atoms with E-state index in [4.69, 9.17) is 12.2 Å². The zero-order chi connectivity index (χ0) is 9.54. The number of thiocarbonyl (C=S) groups is 1. The summed E-state index contributed by atoms with van der Waals surface area (Å²) in [6.07, 6.45) is 5.72. The predicted molar refractivity (Wildman–Crippen MR) is 58.5 cm³/mol. The lowest BCUT2D eigenvalue weighted by atomic mass is 9.83. The van der Waals surface area contributed by atoms with Crippen LogP contribution in [0.1, 0.15) is 25.7 Å². The van der Waals surface area contributed by atoms with Crippen molar-refractivity contribution in [3.8, 4) is 0 Å². The number of nitrogens with one attached hydrogen (secondary N) is 4. The zero-order valence-electron chi connectivity index (χ0n) is 8.05. The molecule has 0 amide bonds. The molecule has 4 N–H and O–H groups in total. The molecule has 0 aromatic heterocycles. The highest BCUT2D eigenvalue weighted by atomic mass is 32.1. The molecule has 3 aliphatic rings. The smallest absolute Gasteiger partial charge is 0.182 e. The van der Waals surface area contributed by atoms with Gasteiger partial charge in [0, 0.05) is 6.04 Å². The Kier molecular flexibility index (Phi) is 2.11. The van der Waals surface area contributed by atoms with Gasteiger partial charge in [0.25, 0.3) is 0 Å². The van der Waals surface area contributed by atoms with Crippen LogP contribution in [0, 0.1) is 5.92 Å². The van der Waals surface area contributed by atoms with E-state index in [-0.39, 0.29) is 0 Å². The molecule has 2 saturated heterocycles. The van der Waals surface area contributed by atoms with Crippen molar-refractivity contribution < 1.29 is 0 Å². The van der Waals surface area contributed by atoms with Crippen LogP contribution in [0.5, 0.6) is 0 Å². The molecular formula is C9H16N4S. The molecule has 0 aromatic rings. The number of fused-ring (bicyclic) bond motifs is 3. The van der Waals surface area contributed by atoms with Crippen molar-refractivity contribution in [3.63, 3.8) is 0 Å². The standard InChI is InChI=1S/C9H16N4S/c14-9-11-8-7(12-13-9)5-3-1-2-4-6(5)10-8/h5-8,10,12H,1-4H2,(H2,11,13,14). The van der Waals surface area contributed by atoms with Gasteiger partial charge in [-0.25, -0.2) is 5.43 Å². The molecule has 1 saturated carbocycles. The van der Waals surface area contributed by atoms with Gasteiger partial charge in [-0.3, -0.25) is 10.7 Å². The van der Waals surface area contributed by atoms with Crippen LogP contribution in [-0.2, 0) is 0 Å². The summed E-state index contributed by atoms with van der Waals surface area (Å²) >= 11 is 5.07. The van der Waals surface area contributed by atoms with Crippen LogP contribution in [-0.4, -0.2) is 23.4 Å². The van der Waals surface area contributed by atoms with Crippen LogP contribution in [0.25, 0.3) is 0 Å². The normalized spacial score (nSPS) is 46.1. The first-order chi connectivity index (χ1) is 6.84. The number of hydrazine groups is 1. The van der Waals surface area contributed by atoms with Gasteiger partial charge in [-0.05, 0) is 31.0 Å². The number of hydrogen-bond acceptors (Lipinski definition) is 3. The second kappa shape index (κ2) is 3.32. The van der Waals surface area contributed by atoms with E-state index in [0.717, 1.165) is 5.92 Å². The van der Waals surface area contributed by atoms with Crippen molar-refractivity contribution in [2.75, 3.05) is 0 Å². The molecule has 4 atom stereocenters. The molecule has 14 heavy (non-hydrogen) atoms. The van der Waals surface area contributed by atoms with Crippen LogP contribution < -0.4 is 21.5 Å². The first kappa shape index (κ1) is 8.88. The topological polar surface area (TPSA) is 48.1 Å². The summed E-state index contributed by atoms with van der Waals surface area (Å²) in [7, 11) is 0. The minimum atomic E-state index is 0.330. The molecule has 5 heteroatoms. The fourth-order valence-electron chi connectivity index (χ4n) is 3.03. The Labute approximate surface area is 89.2 Å². The highest BCUT2D eigenvalue weighted by Crippen LogP contribution is 2.33. The predicted octanol–water partition coefficient (Wildman–Crippen LogP) is -0.175. The molecule has 2 aliphatic heterocycles. The third-order valence-corrected chi connectivity index (χ3v) is 3.89. The molecule has 2 heterocycles. The van der Waals surface area contributed by atoms with Crippen LogP contribution in [0.4, 0.5) is 0 Å². The summed E-state index contributed by atoms with van der Waals surface area (Å²) in [5.74, 6) is 0.761. The van der Waals surface area contributed by atoms with Gasteiger partial charge in [-0.1, -0.05) is 12.8 Å². The van der Waals surface area contributed by atoms with Crippen molar-refractivity contribution in [1.82, 2.24) is 21.5 Å². The molecule has 0 radical (unpaired) electrons. The van der Waals surface area contributed by atoms with Crippen molar-refractivity contribution in [2.24, 2.45) is 5.92 Å². The Morgan fingerprint density at radius 2 is 2.07 bits per heavy atom. The van der Waals surface area contributed by atoms with E-state index in [9.17, 15) is 0 Å². The molecule has 4 unspecified atom stereocenters. The molecule has 0 bridgehead atoms. The molecule has 3 fully saturated rings. The van der Waals surface area contributed by atoms with E-state index in [2.05, 4.69) is 21.5 Å². The minimum absolute atomic E-state index is 0.330. The van der Waals surface area contributed by atoms with Crippen LogP contribution in [0.15, 0.2) is 0 Å². The van der Waals surface area contributed by atoms with Crippen molar-refractivity contribution in [2.45, 2.75) is 43.9 Å². The lowest BCUT2D eigenvalue weighted by Crippen LogP contribution is -2.66. The first-order valence-corrected chi connectivity index (χ1v) is 5.83. The summed E-state index contributed by atoms with van der Waals surface area (Å²) < 4.78 is 0. The quantitative estimate of drug-likeness (QED) is 0.420. The molecule has 0 aromatic carbocycles. The molecule has 0 spiro atoms. The Balaban J connectivity index is 1.77. The molecule has 3 rings (SSSR count). The summed E-state index contributed by atoms with van der Waals surface area (Å²) in [5.41, 5.74) is 6.33. The maximum atomic E-state index is 5.07. The molecule has 4 nitrogen and oxygen atoms in total. The maximum absolute atomic E-state index is 5.07. The molecule has 1 aliphatic carbocycles. The lowest BCUT2D eigenvalue weighted by Gasteiger charge is -2.33. The zero-order valence-corrected chi connectivity index (χ0v) is 8.86.